The number of rotatable bonds is 1. The lowest BCUT2D eigenvalue weighted by Gasteiger charge is -2.31. The Kier molecular flexibility index (Phi) is 3.28. The highest BCUT2D eigenvalue weighted by molar-refractivity contribution is 14.1. The van der Waals surface area contributed by atoms with Crippen molar-refractivity contribution in [2.75, 3.05) is 13.1 Å². The lowest BCUT2D eigenvalue weighted by Crippen LogP contribution is -2.37. The van der Waals surface area contributed by atoms with Gasteiger partial charge in [0.1, 0.15) is 0 Å². The maximum absolute atomic E-state index is 11.1. The lowest BCUT2D eigenvalue weighted by molar-refractivity contribution is -0.130. The van der Waals surface area contributed by atoms with Crippen molar-refractivity contribution in [3.63, 3.8) is 0 Å². The highest BCUT2D eigenvalue weighted by Gasteiger charge is 2.22. The summed E-state index contributed by atoms with van der Waals surface area (Å²) in [5.41, 5.74) is 0. The van der Waals surface area contributed by atoms with Crippen LogP contribution >= 0.6 is 22.6 Å². The van der Waals surface area contributed by atoms with Gasteiger partial charge in [-0.1, -0.05) is 0 Å². The number of carbonyl (C=O) groups is 1. The van der Waals surface area contributed by atoms with Crippen LogP contribution in [0.2, 0.25) is 0 Å². The molecule has 0 aromatic carbocycles. The number of halogens is 1. The summed E-state index contributed by atoms with van der Waals surface area (Å²) in [7, 11) is 0. The summed E-state index contributed by atoms with van der Waals surface area (Å²) in [5, 5.41) is 4.32. The molecule has 0 unspecified atom stereocenters. The van der Waals surface area contributed by atoms with Gasteiger partial charge in [0, 0.05) is 26.2 Å². The fourth-order valence-corrected chi connectivity index (χ4v) is 2.37. The van der Waals surface area contributed by atoms with Gasteiger partial charge in [0.05, 0.1) is 15.8 Å². The molecule has 4 nitrogen and oxygen atoms in total. The van der Waals surface area contributed by atoms with E-state index in [1.807, 2.05) is 15.8 Å². The van der Waals surface area contributed by atoms with Crippen molar-refractivity contribution in [1.29, 1.82) is 0 Å². The molecule has 1 aromatic rings. The Morgan fingerprint density at radius 2 is 2.20 bits per heavy atom. The number of hydrogen-bond donors (Lipinski definition) is 0. The number of hydrogen-bond acceptors (Lipinski definition) is 2. The molecule has 1 aliphatic rings. The Hall–Kier alpha value is -0.590. The number of carbonyl (C=O) groups excluding carboxylic acids is 1. The van der Waals surface area contributed by atoms with Gasteiger partial charge in [-0.3, -0.25) is 9.48 Å². The zero-order valence-electron chi connectivity index (χ0n) is 8.69. The summed E-state index contributed by atoms with van der Waals surface area (Å²) >= 11 is 2.26. The van der Waals surface area contributed by atoms with Gasteiger partial charge in [-0.15, -0.1) is 0 Å². The molecule has 0 saturated carbocycles. The van der Waals surface area contributed by atoms with E-state index in [0.29, 0.717) is 6.04 Å². The fourth-order valence-electron chi connectivity index (χ4n) is 1.96. The highest BCUT2D eigenvalue weighted by atomic mass is 127. The predicted molar refractivity (Wildman–Crippen MR) is 65.5 cm³/mol. The smallest absolute Gasteiger partial charge is 0.219 e. The van der Waals surface area contributed by atoms with E-state index in [4.69, 9.17) is 0 Å². The molecule has 5 heteroatoms. The molecular formula is C10H14IN3O. The van der Waals surface area contributed by atoms with Gasteiger partial charge in [0.25, 0.3) is 0 Å². The van der Waals surface area contributed by atoms with Crippen LogP contribution in [0.5, 0.6) is 0 Å². The highest BCUT2D eigenvalue weighted by Crippen LogP contribution is 2.22. The number of nitrogens with zero attached hydrogens (tertiary/aromatic N) is 3. The Morgan fingerprint density at radius 3 is 2.67 bits per heavy atom. The number of aromatic nitrogens is 2. The molecular weight excluding hydrogens is 305 g/mol. The first kappa shape index (κ1) is 10.9. The van der Waals surface area contributed by atoms with Gasteiger partial charge in [-0.05, 0) is 35.4 Å². The molecule has 1 fully saturated rings. The Labute approximate surface area is 103 Å². The summed E-state index contributed by atoms with van der Waals surface area (Å²) in [6, 6.07) is 0.462. The number of likely N-dealkylation sites (tertiary alicyclic amines) is 1. The quantitative estimate of drug-likeness (QED) is 0.739. The van der Waals surface area contributed by atoms with Crippen LogP contribution in [0.4, 0.5) is 0 Å². The summed E-state index contributed by atoms with van der Waals surface area (Å²) in [6.07, 6.45) is 5.96. The largest absolute Gasteiger partial charge is 0.343 e. The van der Waals surface area contributed by atoms with Crippen LogP contribution < -0.4 is 0 Å². The Morgan fingerprint density at radius 1 is 1.53 bits per heavy atom. The minimum Gasteiger partial charge on any atom is -0.343 e. The molecule has 0 spiro atoms. The third-order valence-electron chi connectivity index (χ3n) is 2.85. The molecule has 0 N–H and O–H groups in total. The fraction of sp³-hybridized carbons (Fsp3) is 0.600. The maximum Gasteiger partial charge on any atom is 0.219 e. The van der Waals surface area contributed by atoms with E-state index < -0.39 is 0 Å². The van der Waals surface area contributed by atoms with Crippen molar-refractivity contribution in [3.8, 4) is 0 Å². The molecule has 2 heterocycles. The van der Waals surface area contributed by atoms with E-state index in [-0.39, 0.29) is 5.91 Å². The molecule has 0 radical (unpaired) electrons. The van der Waals surface area contributed by atoms with E-state index in [2.05, 4.69) is 33.9 Å². The average molecular weight is 319 g/mol. The SMILES string of the molecule is CC(=O)N1CCC(n2cc(I)cn2)CC1. The standard InChI is InChI=1S/C10H14IN3O/c1-8(15)13-4-2-10(3-5-13)14-7-9(11)6-12-14/h6-7,10H,2-5H2,1H3. The number of piperidine rings is 1. The normalized spacial score (nSPS) is 18.1. The molecule has 1 amide bonds. The zero-order valence-corrected chi connectivity index (χ0v) is 10.8. The van der Waals surface area contributed by atoms with E-state index in [9.17, 15) is 4.79 Å². The molecule has 2 rings (SSSR count). The molecule has 1 aliphatic heterocycles. The minimum absolute atomic E-state index is 0.184. The monoisotopic (exact) mass is 319 g/mol. The van der Waals surface area contributed by atoms with Crippen LogP contribution in [-0.2, 0) is 4.79 Å². The maximum atomic E-state index is 11.1. The Balaban J connectivity index is 1.96. The van der Waals surface area contributed by atoms with Gasteiger partial charge in [-0.2, -0.15) is 5.10 Å². The second-order valence-corrected chi connectivity index (χ2v) is 5.12. The van der Waals surface area contributed by atoms with Gasteiger partial charge < -0.3 is 4.90 Å². The van der Waals surface area contributed by atoms with Crippen molar-refractivity contribution in [1.82, 2.24) is 14.7 Å². The van der Waals surface area contributed by atoms with Crippen LogP contribution in [0.1, 0.15) is 25.8 Å². The topological polar surface area (TPSA) is 38.1 Å². The van der Waals surface area contributed by atoms with Crippen LogP contribution in [0, 0.1) is 3.57 Å². The van der Waals surface area contributed by atoms with Gasteiger partial charge >= 0.3 is 0 Å². The molecule has 0 bridgehead atoms. The molecule has 0 atom stereocenters. The minimum atomic E-state index is 0.184. The van der Waals surface area contributed by atoms with Crippen molar-refractivity contribution >= 4 is 28.5 Å². The lowest BCUT2D eigenvalue weighted by atomic mass is 10.1. The average Bonchev–Trinajstić information content (AvgIpc) is 2.65. The van der Waals surface area contributed by atoms with E-state index in [0.717, 1.165) is 25.9 Å². The predicted octanol–water partition coefficient (Wildman–Crippen LogP) is 1.67. The summed E-state index contributed by atoms with van der Waals surface area (Å²) in [6.45, 7) is 3.35. The van der Waals surface area contributed by atoms with E-state index in [1.165, 1.54) is 3.57 Å². The van der Waals surface area contributed by atoms with Crippen molar-refractivity contribution < 1.29 is 4.79 Å². The van der Waals surface area contributed by atoms with Crippen molar-refractivity contribution in [2.24, 2.45) is 0 Å². The first-order chi connectivity index (χ1) is 7.16. The molecule has 1 saturated heterocycles. The Bertz CT molecular complexity index is 355. The first-order valence-electron chi connectivity index (χ1n) is 5.12. The van der Waals surface area contributed by atoms with Crippen LogP contribution in [-0.4, -0.2) is 33.7 Å². The summed E-state index contributed by atoms with van der Waals surface area (Å²) in [4.78, 5) is 13.1. The molecule has 0 aliphatic carbocycles. The third-order valence-corrected chi connectivity index (χ3v) is 3.41. The van der Waals surface area contributed by atoms with Gasteiger partial charge in [0.15, 0.2) is 0 Å². The molecule has 82 valence electrons. The molecule has 1 aromatic heterocycles. The van der Waals surface area contributed by atoms with Gasteiger partial charge in [0.2, 0.25) is 5.91 Å². The number of amides is 1. The van der Waals surface area contributed by atoms with E-state index in [1.54, 1.807) is 6.92 Å². The first-order valence-corrected chi connectivity index (χ1v) is 6.20. The van der Waals surface area contributed by atoms with E-state index >= 15 is 0 Å². The van der Waals surface area contributed by atoms with Gasteiger partial charge in [-0.25, -0.2) is 0 Å². The van der Waals surface area contributed by atoms with Crippen molar-refractivity contribution in [3.05, 3.63) is 16.0 Å². The third kappa shape index (κ3) is 2.50. The molecule has 15 heavy (non-hydrogen) atoms. The van der Waals surface area contributed by atoms with Crippen LogP contribution in [0.3, 0.4) is 0 Å². The van der Waals surface area contributed by atoms with Crippen molar-refractivity contribution in [2.45, 2.75) is 25.8 Å². The second-order valence-electron chi connectivity index (χ2n) is 3.88. The zero-order chi connectivity index (χ0) is 10.8. The summed E-state index contributed by atoms with van der Waals surface area (Å²) < 4.78 is 3.20. The second kappa shape index (κ2) is 4.51. The van der Waals surface area contributed by atoms with Crippen LogP contribution in [0.25, 0.3) is 0 Å². The summed E-state index contributed by atoms with van der Waals surface area (Å²) in [5.74, 6) is 0.184. The van der Waals surface area contributed by atoms with Crippen LogP contribution in [0.15, 0.2) is 12.4 Å².